The van der Waals surface area contributed by atoms with Gasteiger partial charge in [-0.3, -0.25) is 0 Å². The van der Waals surface area contributed by atoms with Gasteiger partial charge in [-0.25, -0.2) is 4.57 Å². The van der Waals surface area contributed by atoms with Crippen molar-refractivity contribution in [2.45, 2.75) is 26.2 Å². The highest BCUT2D eigenvalue weighted by atomic mass is 19.2. The van der Waals surface area contributed by atoms with E-state index in [0.717, 1.165) is 16.9 Å². The van der Waals surface area contributed by atoms with Gasteiger partial charge in [0, 0.05) is 11.0 Å². The molecule has 0 aliphatic carbocycles. The molecule has 26 heavy (non-hydrogen) atoms. The second kappa shape index (κ2) is 4.90. The van der Waals surface area contributed by atoms with Crippen LogP contribution in [-0.2, 0) is 5.41 Å². The molecule has 0 bridgehead atoms. The Hall–Kier alpha value is -3.23. The maximum absolute atomic E-state index is 14.1. The highest BCUT2D eigenvalue weighted by Crippen LogP contribution is 2.42. The van der Waals surface area contributed by atoms with Crippen molar-refractivity contribution in [1.82, 2.24) is 34.9 Å². The van der Waals surface area contributed by atoms with Gasteiger partial charge in [-0.05, 0) is 12.1 Å². The van der Waals surface area contributed by atoms with Crippen molar-refractivity contribution in [3.8, 4) is 17.3 Å². The zero-order chi connectivity index (χ0) is 18.1. The predicted molar refractivity (Wildman–Crippen MR) is 93.6 cm³/mol. The van der Waals surface area contributed by atoms with Gasteiger partial charge in [-0.2, -0.15) is 9.80 Å². The lowest BCUT2D eigenvalue weighted by Crippen LogP contribution is -2.30. The van der Waals surface area contributed by atoms with Gasteiger partial charge in [-0.1, -0.05) is 42.6 Å². The summed E-state index contributed by atoms with van der Waals surface area (Å²) in [6.07, 6.45) is 3.17. The first kappa shape index (κ1) is 15.1. The maximum Gasteiger partial charge on any atom is 0.259 e. The molecule has 3 aromatic rings. The molecule has 0 saturated heterocycles. The first-order valence-corrected chi connectivity index (χ1v) is 8.34. The summed E-state index contributed by atoms with van der Waals surface area (Å²) < 4.78 is 17.6. The fourth-order valence-corrected chi connectivity index (χ4v) is 3.41. The molecule has 2 aliphatic rings. The zero-order valence-corrected chi connectivity index (χ0v) is 14.6. The van der Waals surface area contributed by atoms with Crippen molar-refractivity contribution >= 4 is 11.5 Å². The van der Waals surface area contributed by atoms with E-state index in [1.165, 1.54) is 6.20 Å². The monoisotopic (exact) mass is 352 g/mol. The Morgan fingerprint density at radius 2 is 1.92 bits per heavy atom. The van der Waals surface area contributed by atoms with Crippen molar-refractivity contribution < 1.29 is 4.48 Å². The number of fused-ring (bicyclic) bond motifs is 6. The number of aromatic nitrogens is 6. The van der Waals surface area contributed by atoms with Crippen LogP contribution >= 0.6 is 0 Å². The summed E-state index contributed by atoms with van der Waals surface area (Å²) in [6, 6.07) is 7.78. The highest BCUT2D eigenvalue weighted by Gasteiger charge is 2.36. The van der Waals surface area contributed by atoms with E-state index >= 15 is 0 Å². The van der Waals surface area contributed by atoms with E-state index in [0.29, 0.717) is 22.7 Å². The van der Waals surface area contributed by atoms with Crippen LogP contribution in [0.1, 0.15) is 26.5 Å². The standard InChI is InChI=1S/C17H17FN8/c1-17(2,3)13-8-19-22-26(13)16-21-20-15-11-6-4-5-7-12(11)24-10-23(18)9-14(24)25(15)16/h4-9H,10H2,1-3H3. The van der Waals surface area contributed by atoms with Crippen LogP contribution in [0.4, 0.5) is 10.2 Å². The molecule has 132 valence electrons. The summed E-state index contributed by atoms with van der Waals surface area (Å²) in [4.78, 5) is 1.89. The summed E-state index contributed by atoms with van der Waals surface area (Å²) in [5.41, 5.74) is 2.52. The number of anilines is 1. The number of hydrogen-bond acceptors (Lipinski definition) is 6. The summed E-state index contributed by atoms with van der Waals surface area (Å²) >= 11 is 0. The number of benzene rings is 1. The molecule has 2 aromatic heterocycles. The molecule has 0 atom stereocenters. The minimum atomic E-state index is -0.182. The molecule has 2 aliphatic heterocycles. The third-order valence-electron chi connectivity index (χ3n) is 4.63. The molecule has 1 aromatic carbocycles. The van der Waals surface area contributed by atoms with Crippen LogP contribution < -0.4 is 4.90 Å². The predicted octanol–water partition coefficient (Wildman–Crippen LogP) is 2.56. The van der Waals surface area contributed by atoms with Gasteiger partial charge in [0.1, 0.15) is 12.5 Å². The van der Waals surface area contributed by atoms with Crippen LogP contribution in [0.25, 0.3) is 23.2 Å². The molecule has 0 fully saturated rings. The van der Waals surface area contributed by atoms with Crippen LogP contribution in [-0.4, -0.2) is 41.5 Å². The first-order valence-electron chi connectivity index (χ1n) is 8.34. The minimum absolute atomic E-state index is 0.118. The molecule has 0 saturated carbocycles. The Labute approximate surface area is 149 Å². The topological polar surface area (TPSA) is 67.9 Å². The molecule has 0 spiro atoms. The van der Waals surface area contributed by atoms with Crippen LogP contribution in [0.3, 0.4) is 0 Å². The van der Waals surface area contributed by atoms with E-state index in [1.807, 2.05) is 33.7 Å². The van der Waals surface area contributed by atoms with Crippen molar-refractivity contribution in [3.63, 3.8) is 0 Å². The van der Waals surface area contributed by atoms with E-state index in [2.05, 4.69) is 41.3 Å². The van der Waals surface area contributed by atoms with E-state index < -0.39 is 0 Å². The Bertz CT molecular complexity index is 1040. The second-order valence-corrected chi connectivity index (χ2v) is 7.41. The van der Waals surface area contributed by atoms with E-state index in [-0.39, 0.29) is 12.1 Å². The zero-order valence-electron chi connectivity index (χ0n) is 14.6. The van der Waals surface area contributed by atoms with E-state index in [4.69, 9.17) is 0 Å². The molecule has 9 heteroatoms. The molecule has 0 N–H and O–H groups in total. The van der Waals surface area contributed by atoms with Gasteiger partial charge >= 0.3 is 0 Å². The average Bonchev–Trinajstić information content (AvgIpc) is 3.30. The number of rotatable bonds is 1. The molecule has 4 heterocycles. The van der Waals surface area contributed by atoms with E-state index in [1.54, 1.807) is 10.9 Å². The number of hydrogen-bond donors (Lipinski definition) is 0. The molecule has 0 amide bonds. The lowest BCUT2D eigenvalue weighted by molar-refractivity contribution is 0.104. The Morgan fingerprint density at radius 3 is 2.73 bits per heavy atom. The lowest BCUT2D eigenvalue weighted by atomic mass is 9.93. The van der Waals surface area contributed by atoms with Crippen molar-refractivity contribution in [2.24, 2.45) is 0 Å². The summed E-state index contributed by atoms with van der Waals surface area (Å²) in [5, 5.41) is 17.7. The second-order valence-electron chi connectivity index (χ2n) is 7.41. The first-order chi connectivity index (χ1) is 12.4. The Kier molecular flexibility index (Phi) is 2.84. The summed E-state index contributed by atoms with van der Waals surface area (Å²) in [7, 11) is 0. The third kappa shape index (κ3) is 1.94. The van der Waals surface area contributed by atoms with Crippen molar-refractivity contribution in [1.29, 1.82) is 0 Å². The lowest BCUT2D eigenvalue weighted by Gasteiger charge is -2.30. The number of halogens is 1. The smallest absolute Gasteiger partial charge is 0.259 e. The molecular formula is C17H17FN8. The van der Waals surface area contributed by atoms with Crippen LogP contribution in [0, 0.1) is 0 Å². The number of nitrogens with zero attached hydrogens (tertiary/aromatic N) is 8. The SMILES string of the molecule is CC(C)(C)c1cnnn1-c1nnc2n1C1=CN(F)CN1c1ccccc1-2. The Balaban J connectivity index is 1.79. The van der Waals surface area contributed by atoms with Gasteiger partial charge in [0.05, 0.1) is 23.8 Å². The largest absolute Gasteiger partial charge is 0.304 e. The van der Waals surface area contributed by atoms with Gasteiger partial charge < -0.3 is 4.90 Å². The minimum Gasteiger partial charge on any atom is -0.304 e. The van der Waals surface area contributed by atoms with Gasteiger partial charge in [0.2, 0.25) is 0 Å². The summed E-state index contributed by atoms with van der Waals surface area (Å²) in [5.74, 6) is 1.80. The van der Waals surface area contributed by atoms with Crippen LogP contribution in [0.5, 0.6) is 0 Å². The third-order valence-corrected chi connectivity index (χ3v) is 4.63. The van der Waals surface area contributed by atoms with Gasteiger partial charge in [0.15, 0.2) is 5.82 Å². The van der Waals surface area contributed by atoms with Crippen LogP contribution in [0.2, 0.25) is 0 Å². The summed E-state index contributed by atoms with van der Waals surface area (Å²) in [6.45, 7) is 6.35. The molecule has 5 rings (SSSR count). The fourth-order valence-electron chi connectivity index (χ4n) is 3.41. The van der Waals surface area contributed by atoms with Crippen LogP contribution in [0.15, 0.2) is 36.7 Å². The maximum atomic E-state index is 14.1. The molecule has 8 nitrogen and oxygen atoms in total. The average molecular weight is 352 g/mol. The highest BCUT2D eigenvalue weighted by molar-refractivity contribution is 5.89. The molecule has 0 unspecified atom stereocenters. The van der Waals surface area contributed by atoms with Gasteiger partial charge in [0.25, 0.3) is 5.95 Å². The van der Waals surface area contributed by atoms with Crippen molar-refractivity contribution in [3.05, 3.63) is 42.4 Å². The van der Waals surface area contributed by atoms with Gasteiger partial charge in [-0.15, -0.1) is 15.3 Å². The normalized spacial score (nSPS) is 15.6. The molecular weight excluding hydrogens is 335 g/mol. The van der Waals surface area contributed by atoms with E-state index in [9.17, 15) is 4.48 Å². The van der Waals surface area contributed by atoms with Crippen molar-refractivity contribution in [2.75, 3.05) is 11.6 Å². The molecule has 0 radical (unpaired) electrons. The quantitative estimate of drug-likeness (QED) is 0.627. The Morgan fingerprint density at radius 1 is 1.12 bits per heavy atom. The fraction of sp³-hybridized carbons (Fsp3) is 0.294. The number of para-hydroxylation sites is 1.